The van der Waals surface area contributed by atoms with E-state index in [0.717, 1.165) is 11.3 Å². The molecule has 0 fully saturated rings. The second-order valence-electron chi connectivity index (χ2n) is 5.46. The topological polar surface area (TPSA) is 83.4 Å². The van der Waals surface area contributed by atoms with Crippen LogP contribution in [0.1, 0.15) is 16.1 Å². The van der Waals surface area contributed by atoms with E-state index >= 15 is 0 Å². The molecule has 0 saturated heterocycles. The van der Waals surface area contributed by atoms with E-state index in [1.807, 2.05) is 31.2 Å². The summed E-state index contributed by atoms with van der Waals surface area (Å²) in [7, 11) is 0. The molecule has 3 aromatic rings. The molecule has 6 heteroatoms. The number of carbonyl (C=O) groups excluding carboxylic acids is 2. The number of hydrogen-bond donors (Lipinski definition) is 3. The minimum atomic E-state index is -0.335. The van der Waals surface area contributed by atoms with E-state index in [9.17, 15) is 9.59 Å². The molecule has 6 nitrogen and oxygen atoms in total. The Morgan fingerprint density at radius 3 is 2.12 bits per heavy atom. The maximum Gasteiger partial charge on any atom is 0.323 e. The van der Waals surface area contributed by atoms with Gasteiger partial charge in [0.1, 0.15) is 0 Å². The molecule has 2 aromatic carbocycles. The van der Waals surface area contributed by atoms with Gasteiger partial charge >= 0.3 is 6.03 Å². The maximum absolute atomic E-state index is 12.0. The van der Waals surface area contributed by atoms with Crippen LogP contribution in [0.5, 0.6) is 0 Å². The molecule has 25 heavy (non-hydrogen) atoms. The molecule has 0 aliphatic rings. The van der Waals surface area contributed by atoms with Crippen LogP contribution in [0, 0.1) is 6.92 Å². The number of anilines is 3. The van der Waals surface area contributed by atoms with Gasteiger partial charge in [-0.25, -0.2) is 4.79 Å². The number of amides is 3. The Morgan fingerprint density at radius 2 is 1.48 bits per heavy atom. The lowest BCUT2D eigenvalue weighted by molar-refractivity contribution is 0.0996. The van der Waals surface area contributed by atoms with Gasteiger partial charge in [-0.3, -0.25) is 4.79 Å². The van der Waals surface area contributed by atoms with Gasteiger partial charge in [0.15, 0.2) is 5.76 Å². The van der Waals surface area contributed by atoms with E-state index in [0.29, 0.717) is 11.4 Å². The lowest BCUT2D eigenvalue weighted by Gasteiger charge is -2.09. The number of hydrogen-bond acceptors (Lipinski definition) is 3. The van der Waals surface area contributed by atoms with Crippen LogP contribution in [0.15, 0.2) is 71.3 Å². The monoisotopic (exact) mass is 335 g/mol. The van der Waals surface area contributed by atoms with Gasteiger partial charge in [-0.1, -0.05) is 12.1 Å². The molecule has 0 aliphatic heterocycles. The van der Waals surface area contributed by atoms with Crippen molar-refractivity contribution < 1.29 is 14.0 Å². The van der Waals surface area contributed by atoms with Crippen molar-refractivity contribution in [3.05, 3.63) is 78.3 Å². The fourth-order valence-corrected chi connectivity index (χ4v) is 2.25. The third-order valence-corrected chi connectivity index (χ3v) is 3.42. The zero-order chi connectivity index (χ0) is 17.6. The quantitative estimate of drug-likeness (QED) is 0.657. The van der Waals surface area contributed by atoms with Crippen molar-refractivity contribution in [1.82, 2.24) is 0 Å². The maximum atomic E-state index is 12.0. The SMILES string of the molecule is Cc1cccc(NC(=O)Nc2ccc(NC(=O)c3ccco3)cc2)c1. The molecule has 0 saturated carbocycles. The van der Waals surface area contributed by atoms with Gasteiger partial charge in [0, 0.05) is 17.1 Å². The fraction of sp³-hybridized carbons (Fsp3) is 0.0526. The normalized spacial score (nSPS) is 10.1. The second kappa shape index (κ2) is 7.35. The number of furan rings is 1. The molecular formula is C19H17N3O3. The molecule has 0 atom stereocenters. The van der Waals surface area contributed by atoms with Crippen LogP contribution >= 0.6 is 0 Å². The van der Waals surface area contributed by atoms with Crippen LogP contribution in [0.4, 0.5) is 21.9 Å². The fourth-order valence-electron chi connectivity index (χ4n) is 2.25. The largest absolute Gasteiger partial charge is 0.459 e. The van der Waals surface area contributed by atoms with Crippen LogP contribution in [-0.2, 0) is 0 Å². The number of aryl methyl sites for hydroxylation is 1. The first kappa shape index (κ1) is 16.3. The zero-order valence-corrected chi connectivity index (χ0v) is 13.6. The van der Waals surface area contributed by atoms with Crippen molar-refractivity contribution in [3.63, 3.8) is 0 Å². The van der Waals surface area contributed by atoms with Gasteiger partial charge in [-0.15, -0.1) is 0 Å². The lowest BCUT2D eigenvalue weighted by Crippen LogP contribution is -2.19. The predicted molar refractivity (Wildman–Crippen MR) is 96.9 cm³/mol. The zero-order valence-electron chi connectivity index (χ0n) is 13.6. The molecule has 3 rings (SSSR count). The third kappa shape index (κ3) is 4.48. The second-order valence-corrected chi connectivity index (χ2v) is 5.46. The van der Waals surface area contributed by atoms with Crippen LogP contribution < -0.4 is 16.0 Å². The molecule has 1 heterocycles. The van der Waals surface area contributed by atoms with Crippen molar-refractivity contribution in [2.75, 3.05) is 16.0 Å². The van der Waals surface area contributed by atoms with Crippen molar-refractivity contribution in [2.24, 2.45) is 0 Å². The summed E-state index contributed by atoms with van der Waals surface area (Å²) >= 11 is 0. The van der Waals surface area contributed by atoms with Gasteiger partial charge in [-0.2, -0.15) is 0 Å². The van der Waals surface area contributed by atoms with E-state index in [1.165, 1.54) is 6.26 Å². The molecule has 3 amide bonds. The van der Waals surface area contributed by atoms with Crippen molar-refractivity contribution >= 4 is 29.0 Å². The Bertz CT molecular complexity index is 871. The summed E-state index contributed by atoms with van der Waals surface area (Å²) in [4.78, 5) is 23.9. The standard InChI is InChI=1S/C19H17N3O3/c1-13-4-2-5-16(12-13)22-19(24)21-15-9-7-14(8-10-15)20-18(23)17-6-3-11-25-17/h2-12H,1H3,(H,20,23)(H2,21,22,24). The number of urea groups is 1. The van der Waals surface area contributed by atoms with E-state index < -0.39 is 0 Å². The molecule has 0 radical (unpaired) electrons. The number of benzene rings is 2. The van der Waals surface area contributed by atoms with Crippen molar-refractivity contribution in [2.45, 2.75) is 6.92 Å². The molecular weight excluding hydrogens is 318 g/mol. The Labute approximate surface area is 144 Å². The minimum Gasteiger partial charge on any atom is -0.459 e. The Morgan fingerprint density at radius 1 is 0.800 bits per heavy atom. The molecule has 126 valence electrons. The first-order valence-corrected chi connectivity index (χ1v) is 7.70. The lowest BCUT2D eigenvalue weighted by atomic mass is 10.2. The number of carbonyl (C=O) groups is 2. The molecule has 1 aromatic heterocycles. The molecule has 0 aliphatic carbocycles. The highest BCUT2D eigenvalue weighted by Crippen LogP contribution is 2.16. The van der Waals surface area contributed by atoms with Crippen LogP contribution in [0.25, 0.3) is 0 Å². The summed E-state index contributed by atoms with van der Waals surface area (Å²) in [5.74, 6) is -0.0948. The van der Waals surface area contributed by atoms with Gasteiger partial charge in [0.2, 0.25) is 0 Å². The predicted octanol–water partition coefficient (Wildman–Crippen LogP) is 4.48. The highest BCUT2D eigenvalue weighted by Gasteiger charge is 2.09. The van der Waals surface area contributed by atoms with E-state index in [2.05, 4.69) is 16.0 Å². The summed E-state index contributed by atoms with van der Waals surface area (Å²) in [5, 5.41) is 8.21. The summed E-state index contributed by atoms with van der Waals surface area (Å²) in [6.45, 7) is 1.96. The summed E-state index contributed by atoms with van der Waals surface area (Å²) in [5.41, 5.74) is 3.00. The average Bonchev–Trinajstić information content (AvgIpc) is 3.11. The van der Waals surface area contributed by atoms with E-state index in [1.54, 1.807) is 36.4 Å². The van der Waals surface area contributed by atoms with Crippen LogP contribution in [0.3, 0.4) is 0 Å². The van der Waals surface area contributed by atoms with Crippen LogP contribution in [-0.4, -0.2) is 11.9 Å². The summed E-state index contributed by atoms with van der Waals surface area (Å²) < 4.78 is 5.03. The van der Waals surface area contributed by atoms with Gasteiger partial charge < -0.3 is 20.4 Å². The van der Waals surface area contributed by atoms with Gasteiger partial charge in [0.05, 0.1) is 6.26 Å². The van der Waals surface area contributed by atoms with Crippen molar-refractivity contribution in [1.29, 1.82) is 0 Å². The van der Waals surface area contributed by atoms with E-state index in [4.69, 9.17) is 4.42 Å². The third-order valence-electron chi connectivity index (χ3n) is 3.42. The highest BCUT2D eigenvalue weighted by atomic mass is 16.3. The first-order chi connectivity index (χ1) is 12.1. The summed E-state index contributed by atoms with van der Waals surface area (Å²) in [6, 6.07) is 17.2. The highest BCUT2D eigenvalue weighted by molar-refractivity contribution is 6.03. The first-order valence-electron chi connectivity index (χ1n) is 7.70. The van der Waals surface area contributed by atoms with Gasteiger partial charge in [0.25, 0.3) is 5.91 Å². The molecule has 3 N–H and O–H groups in total. The molecule has 0 spiro atoms. The summed E-state index contributed by atoms with van der Waals surface area (Å²) in [6.07, 6.45) is 1.44. The van der Waals surface area contributed by atoms with Crippen molar-refractivity contribution in [3.8, 4) is 0 Å². The van der Waals surface area contributed by atoms with Gasteiger partial charge in [-0.05, 0) is 61.0 Å². The molecule has 0 bridgehead atoms. The van der Waals surface area contributed by atoms with E-state index in [-0.39, 0.29) is 17.7 Å². The number of rotatable bonds is 4. The number of nitrogens with one attached hydrogen (secondary N) is 3. The average molecular weight is 335 g/mol. The Hall–Kier alpha value is -3.54. The Kier molecular flexibility index (Phi) is 4.80. The van der Waals surface area contributed by atoms with Crippen LogP contribution in [0.2, 0.25) is 0 Å². The smallest absolute Gasteiger partial charge is 0.323 e. The minimum absolute atomic E-state index is 0.236. The Balaban J connectivity index is 1.57. The molecule has 0 unspecified atom stereocenters.